The van der Waals surface area contributed by atoms with E-state index in [4.69, 9.17) is 10.1 Å². The molecule has 0 radical (unpaired) electrons. The van der Waals surface area contributed by atoms with Crippen LogP contribution in [0.1, 0.15) is 19.8 Å². The predicted octanol–water partition coefficient (Wildman–Crippen LogP) is 1.20. The third-order valence-electron chi connectivity index (χ3n) is 3.00. The first kappa shape index (κ1) is 11.2. The number of rotatable bonds is 4. The highest BCUT2D eigenvalue weighted by Crippen LogP contribution is 2.39. The van der Waals surface area contributed by atoms with Crippen molar-refractivity contribution in [1.82, 2.24) is 0 Å². The monoisotopic (exact) mass is 221 g/mol. The molecule has 0 saturated carbocycles. The van der Waals surface area contributed by atoms with E-state index in [9.17, 15) is 9.90 Å². The quantitative estimate of drug-likeness (QED) is 0.425. The third-order valence-corrected chi connectivity index (χ3v) is 3.00. The fourth-order valence-corrected chi connectivity index (χ4v) is 1.96. The van der Waals surface area contributed by atoms with Crippen molar-refractivity contribution < 1.29 is 14.6 Å². The molecule has 1 aliphatic heterocycles. The summed E-state index contributed by atoms with van der Waals surface area (Å²) in [7, 11) is 0. The fraction of sp³-hybridized carbons (Fsp3) is 0.500. The number of ether oxygens (including phenoxy) is 1. The Labute approximate surface area is 94.1 Å². The van der Waals surface area contributed by atoms with Crippen LogP contribution >= 0.6 is 0 Å². The van der Waals surface area contributed by atoms with Gasteiger partial charge in [0.25, 0.3) is 0 Å². The maximum atomic E-state index is 11.0. The minimum atomic E-state index is -1.25. The number of hydrogen-bond donors (Lipinski definition) is 2. The van der Waals surface area contributed by atoms with Crippen LogP contribution in [0.25, 0.3) is 0 Å². The van der Waals surface area contributed by atoms with Gasteiger partial charge in [0.1, 0.15) is 12.4 Å². The molecule has 0 aromatic carbocycles. The van der Waals surface area contributed by atoms with E-state index < -0.39 is 17.8 Å². The van der Waals surface area contributed by atoms with Crippen molar-refractivity contribution in [2.75, 3.05) is 0 Å². The van der Waals surface area contributed by atoms with E-state index in [1.807, 2.05) is 18.2 Å². The third kappa shape index (κ3) is 1.99. The Kier molecular flexibility index (Phi) is 2.78. The zero-order valence-electron chi connectivity index (χ0n) is 9.14. The van der Waals surface area contributed by atoms with Gasteiger partial charge in [0, 0.05) is 5.71 Å². The molecule has 1 heterocycles. The van der Waals surface area contributed by atoms with Crippen LogP contribution in [0.2, 0.25) is 0 Å². The molecule has 0 aromatic rings. The lowest BCUT2D eigenvalue weighted by Crippen LogP contribution is -2.27. The van der Waals surface area contributed by atoms with Gasteiger partial charge in [-0.05, 0) is 25.3 Å². The highest BCUT2D eigenvalue weighted by Gasteiger charge is 2.56. The van der Waals surface area contributed by atoms with Crippen molar-refractivity contribution in [3.8, 4) is 0 Å². The van der Waals surface area contributed by atoms with Crippen LogP contribution in [0, 0.1) is 11.3 Å². The van der Waals surface area contributed by atoms with E-state index in [-0.39, 0.29) is 5.71 Å². The Hall–Kier alpha value is -1.26. The van der Waals surface area contributed by atoms with Gasteiger partial charge in [-0.2, -0.15) is 0 Å². The summed E-state index contributed by atoms with van der Waals surface area (Å²) in [6.45, 7) is 1.51. The summed E-state index contributed by atoms with van der Waals surface area (Å²) in [4.78, 5) is 11.0. The number of hydrogen-bond acceptors (Lipinski definition) is 4. The van der Waals surface area contributed by atoms with Gasteiger partial charge in [-0.15, -0.1) is 0 Å². The first-order valence-corrected chi connectivity index (χ1v) is 5.36. The molecule has 16 heavy (non-hydrogen) atoms. The smallest absolute Gasteiger partial charge is 0.191 e. The minimum absolute atomic E-state index is 0.266. The molecule has 1 aliphatic carbocycles. The molecule has 2 rings (SSSR count). The Morgan fingerprint density at radius 1 is 1.81 bits per heavy atom. The van der Waals surface area contributed by atoms with E-state index in [1.165, 1.54) is 6.92 Å². The number of aliphatic hydroxyl groups is 1. The standard InChI is InChI=1S/C12H15NO3/c1-12(15)11(16-12)9(7-14)10(13)8-5-3-2-4-6-8/h2-3,5,7,9,11,13,15H,4,6H2,1H3. The van der Waals surface area contributed by atoms with Gasteiger partial charge < -0.3 is 20.0 Å². The lowest BCUT2D eigenvalue weighted by atomic mass is 9.89. The Balaban J connectivity index is 2.10. The summed E-state index contributed by atoms with van der Waals surface area (Å²) in [6.07, 6.45) is 7.55. The van der Waals surface area contributed by atoms with Crippen LogP contribution in [0.15, 0.2) is 23.8 Å². The molecule has 0 bridgehead atoms. The van der Waals surface area contributed by atoms with E-state index in [0.29, 0.717) is 6.29 Å². The van der Waals surface area contributed by atoms with E-state index in [1.54, 1.807) is 0 Å². The lowest BCUT2D eigenvalue weighted by Gasteiger charge is -2.14. The molecule has 0 spiro atoms. The van der Waals surface area contributed by atoms with Crippen molar-refractivity contribution in [3.63, 3.8) is 0 Å². The number of nitrogens with one attached hydrogen (secondary N) is 1. The van der Waals surface area contributed by atoms with Crippen LogP contribution in [0.5, 0.6) is 0 Å². The average molecular weight is 221 g/mol. The molecule has 3 atom stereocenters. The second kappa shape index (κ2) is 3.96. The van der Waals surface area contributed by atoms with Gasteiger partial charge in [-0.3, -0.25) is 0 Å². The molecule has 2 aliphatic rings. The first-order valence-electron chi connectivity index (χ1n) is 5.36. The van der Waals surface area contributed by atoms with E-state index >= 15 is 0 Å². The second-order valence-electron chi connectivity index (χ2n) is 4.33. The van der Waals surface area contributed by atoms with Crippen LogP contribution in [0.4, 0.5) is 0 Å². The van der Waals surface area contributed by atoms with Crippen LogP contribution in [0.3, 0.4) is 0 Å². The van der Waals surface area contributed by atoms with Gasteiger partial charge in [0.2, 0.25) is 0 Å². The van der Waals surface area contributed by atoms with Gasteiger partial charge in [-0.1, -0.05) is 18.2 Å². The van der Waals surface area contributed by atoms with Gasteiger partial charge in [0.15, 0.2) is 5.79 Å². The average Bonchev–Trinajstić information content (AvgIpc) is 2.90. The highest BCUT2D eigenvalue weighted by atomic mass is 16.7. The van der Waals surface area contributed by atoms with Crippen molar-refractivity contribution in [2.45, 2.75) is 31.7 Å². The highest BCUT2D eigenvalue weighted by molar-refractivity contribution is 6.07. The number of epoxide rings is 1. The number of carbonyl (C=O) groups is 1. The summed E-state index contributed by atoms with van der Waals surface area (Å²) >= 11 is 0. The lowest BCUT2D eigenvalue weighted by molar-refractivity contribution is -0.109. The van der Waals surface area contributed by atoms with Crippen molar-refractivity contribution in [3.05, 3.63) is 23.8 Å². The fourth-order valence-electron chi connectivity index (χ4n) is 1.96. The normalized spacial score (nSPS) is 34.1. The van der Waals surface area contributed by atoms with Crippen LogP contribution in [-0.2, 0) is 9.53 Å². The van der Waals surface area contributed by atoms with Crippen molar-refractivity contribution in [2.24, 2.45) is 5.92 Å². The molecule has 86 valence electrons. The molecule has 0 amide bonds. The largest absolute Gasteiger partial charge is 0.364 e. The van der Waals surface area contributed by atoms with Gasteiger partial charge in [-0.25, -0.2) is 0 Å². The minimum Gasteiger partial charge on any atom is -0.364 e. The molecular weight excluding hydrogens is 206 g/mol. The van der Waals surface area contributed by atoms with E-state index in [2.05, 4.69) is 0 Å². The number of allylic oxidation sites excluding steroid dienone is 4. The van der Waals surface area contributed by atoms with Crippen LogP contribution in [-0.4, -0.2) is 29.0 Å². The Bertz CT molecular complexity index is 382. The maximum absolute atomic E-state index is 11.0. The predicted molar refractivity (Wildman–Crippen MR) is 59.2 cm³/mol. The summed E-state index contributed by atoms with van der Waals surface area (Å²) in [5.41, 5.74) is 1.12. The maximum Gasteiger partial charge on any atom is 0.191 e. The Morgan fingerprint density at radius 3 is 2.94 bits per heavy atom. The summed E-state index contributed by atoms with van der Waals surface area (Å²) in [5.74, 6) is -1.91. The first-order chi connectivity index (χ1) is 7.56. The van der Waals surface area contributed by atoms with Gasteiger partial charge >= 0.3 is 0 Å². The molecular formula is C12H15NO3. The topological polar surface area (TPSA) is 73.7 Å². The molecule has 2 N–H and O–H groups in total. The van der Waals surface area contributed by atoms with Crippen molar-refractivity contribution >= 4 is 12.0 Å². The summed E-state index contributed by atoms with van der Waals surface area (Å²) < 4.78 is 5.01. The molecule has 4 nitrogen and oxygen atoms in total. The Morgan fingerprint density at radius 2 is 2.50 bits per heavy atom. The zero-order valence-corrected chi connectivity index (χ0v) is 9.14. The van der Waals surface area contributed by atoms with Crippen LogP contribution < -0.4 is 0 Å². The molecule has 3 unspecified atom stereocenters. The molecule has 4 heteroatoms. The molecule has 1 saturated heterocycles. The SMILES string of the molecule is CC1(O)OC1C(C=O)C(=N)C1=CC=CCC1. The number of carbonyl (C=O) groups excluding carboxylic acids is 1. The van der Waals surface area contributed by atoms with Gasteiger partial charge in [0.05, 0.1) is 5.92 Å². The van der Waals surface area contributed by atoms with Crippen molar-refractivity contribution in [1.29, 1.82) is 5.41 Å². The zero-order chi connectivity index (χ0) is 11.8. The summed E-state index contributed by atoms with van der Waals surface area (Å²) in [5, 5.41) is 17.5. The summed E-state index contributed by atoms with van der Waals surface area (Å²) in [6, 6.07) is 0. The molecule has 0 aromatic heterocycles. The molecule has 1 fully saturated rings. The van der Waals surface area contributed by atoms with E-state index in [0.717, 1.165) is 18.4 Å². The number of aldehydes is 1. The second-order valence-corrected chi connectivity index (χ2v) is 4.33.